The van der Waals surface area contributed by atoms with Gasteiger partial charge in [0.25, 0.3) is 0 Å². The number of cyclic esters (lactones) is 1. The van der Waals surface area contributed by atoms with Gasteiger partial charge in [-0.2, -0.15) is 5.26 Å². The van der Waals surface area contributed by atoms with Gasteiger partial charge in [0.05, 0.1) is 30.0 Å². The molecule has 0 spiro atoms. The second kappa shape index (κ2) is 7.99. The molecule has 6 nitrogen and oxygen atoms in total. The summed E-state index contributed by atoms with van der Waals surface area (Å²) in [5.41, 5.74) is 4.48. The predicted octanol–water partition coefficient (Wildman–Crippen LogP) is 5.65. The van der Waals surface area contributed by atoms with Gasteiger partial charge in [-0.15, -0.1) is 0 Å². The van der Waals surface area contributed by atoms with Crippen LogP contribution in [0, 0.1) is 11.3 Å². The molecule has 1 saturated heterocycles. The summed E-state index contributed by atoms with van der Waals surface area (Å²) in [5.74, 6) is 0.822. The van der Waals surface area contributed by atoms with Gasteiger partial charge in [-0.3, -0.25) is 4.90 Å². The summed E-state index contributed by atoms with van der Waals surface area (Å²) in [7, 11) is 0. The van der Waals surface area contributed by atoms with E-state index in [4.69, 9.17) is 9.47 Å². The lowest BCUT2D eigenvalue weighted by Crippen LogP contribution is -2.37. The summed E-state index contributed by atoms with van der Waals surface area (Å²) in [6, 6.07) is 16.7. The summed E-state index contributed by atoms with van der Waals surface area (Å²) in [6.45, 7) is 3.71. The molecule has 2 heterocycles. The van der Waals surface area contributed by atoms with Gasteiger partial charge in [0.2, 0.25) is 0 Å². The highest BCUT2D eigenvalue weighted by Crippen LogP contribution is 2.43. The van der Waals surface area contributed by atoms with E-state index in [-0.39, 0.29) is 6.09 Å². The summed E-state index contributed by atoms with van der Waals surface area (Å²) in [5, 5.41) is 11.0. The molecule has 0 N–H and O–H groups in total. The fourth-order valence-electron chi connectivity index (χ4n) is 4.55. The number of carbonyl (C=O) groups excluding carboxylic acids is 1. The van der Waals surface area contributed by atoms with Crippen LogP contribution in [0.4, 0.5) is 10.5 Å². The molecule has 0 bridgehead atoms. The minimum Gasteiger partial charge on any atom is -0.494 e. The van der Waals surface area contributed by atoms with Crippen molar-refractivity contribution in [1.82, 2.24) is 4.57 Å². The molecule has 1 aromatic heterocycles. The third-order valence-electron chi connectivity index (χ3n) is 6.26. The van der Waals surface area contributed by atoms with Crippen LogP contribution in [0.25, 0.3) is 22.2 Å². The number of anilines is 1. The number of carbonyl (C=O) groups is 1. The maximum atomic E-state index is 12.1. The molecule has 2 fully saturated rings. The second-order valence-electron chi connectivity index (χ2n) is 8.07. The standard InChI is InChI=1S/C25H25N3O3/c1-2-30-20-11-12-21-22(16-26)24(28(23(21)15-20)19-5-3-6-19)17-7-9-18(10-8-17)27-13-4-14-31-25(27)29/h7-12,15,19H,2-6,13-14H2,1H3. The molecule has 2 aliphatic rings. The van der Waals surface area contributed by atoms with Crippen molar-refractivity contribution in [3.63, 3.8) is 0 Å². The molecular weight excluding hydrogens is 390 g/mol. The van der Waals surface area contributed by atoms with E-state index in [9.17, 15) is 10.1 Å². The van der Waals surface area contributed by atoms with Gasteiger partial charge in [0.15, 0.2) is 0 Å². The highest BCUT2D eigenvalue weighted by molar-refractivity contribution is 5.96. The fourth-order valence-corrected chi connectivity index (χ4v) is 4.55. The van der Waals surface area contributed by atoms with Crippen molar-refractivity contribution >= 4 is 22.7 Å². The van der Waals surface area contributed by atoms with Crippen molar-refractivity contribution < 1.29 is 14.3 Å². The van der Waals surface area contributed by atoms with Crippen molar-refractivity contribution in [3.8, 4) is 23.1 Å². The molecule has 2 aromatic carbocycles. The Labute approximate surface area is 181 Å². The topological polar surface area (TPSA) is 67.5 Å². The average molecular weight is 415 g/mol. The number of hydrogen-bond acceptors (Lipinski definition) is 4. The summed E-state index contributed by atoms with van der Waals surface area (Å²) < 4.78 is 13.2. The number of nitriles is 1. The Hall–Kier alpha value is -3.46. The maximum Gasteiger partial charge on any atom is 0.414 e. The molecule has 1 aliphatic carbocycles. The lowest BCUT2D eigenvalue weighted by Gasteiger charge is -2.30. The lowest BCUT2D eigenvalue weighted by atomic mass is 9.92. The first-order chi connectivity index (χ1) is 15.2. The Bertz CT molecular complexity index is 1170. The maximum absolute atomic E-state index is 12.1. The molecule has 31 heavy (non-hydrogen) atoms. The highest BCUT2D eigenvalue weighted by atomic mass is 16.6. The van der Waals surface area contributed by atoms with E-state index >= 15 is 0 Å². The van der Waals surface area contributed by atoms with Crippen LogP contribution in [0.2, 0.25) is 0 Å². The minimum atomic E-state index is -0.302. The van der Waals surface area contributed by atoms with Crippen LogP contribution in [-0.2, 0) is 4.74 Å². The van der Waals surface area contributed by atoms with E-state index in [1.807, 2.05) is 43.3 Å². The van der Waals surface area contributed by atoms with Gasteiger partial charge in [0, 0.05) is 29.7 Å². The van der Waals surface area contributed by atoms with Gasteiger partial charge >= 0.3 is 6.09 Å². The van der Waals surface area contributed by atoms with E-state index in [0.29, 0.717) is 31.4 Å². The Morgan fingerprint density at radius 2 is 1.97 bits per heavy atom. The third kappa shape index (κ3) is 3.31. The molecule has 0 atom stereocenters. The molecule has 5 rings (SSSR count). The number of aromatic nitrogens is 1. The van der Waals surface area contributed by atoms with E-state index in [0.717, 1.165) is 52.9 Å². The first-order valence-electron chi connectivity index (χ1n) is 11.0. The molecule has 1 amide bonds. The van der Waals surface area contributed by atoms with Crippen molar-refractivity contribution in [1.29, 1.82) is 5.26 Å². The van der Waals surface area contributed by atoms with Crippen LogP contribution in [0.3, 0.4) is 0 Å². The SMILES string of the molecule is CCOc1ccc2c(C#N)c(-c3ccc(N4CCCOC4=O)cc3)n(C3CCC3)c2c1. The van der Waals surface area contributed by atoms with Crippen LogP contribution in [0.15, 0.2) is 42.5 Å². The second-order valence-corrected chi connectivity index (χ2v) is 8.07. The number of hydrogen-bond donors (Lipinski definition) is 0. The highest BCUT2D eigenvalue weighted by Gasteiger charge is 2.28. The van der Waals surface area contributed by atoms with Gasteiger partial charge in [-0.25, -0.2) is 4.79 Å². The minimum absolute atomic E-state index is 0.302. The quantitative estimate of drug-likeness (QED) is 0.540. The summed E-state index contributed by atoms with van der Waals surface area (Å²) in [6.07, 6.45) is 3.94. The number of rotatable bonds is 5. The zero-order chi connectivity index (χ0) is 21.4. The van der Waals surface area contributed by atoms with E-state index in [1.165, 1.54) is 6.42 Å². The van der Waals surface area contributed by atoms with Gasteiger partial charge in [0.1, 0.15) is 11.8 Å². The molecule has 6 heteroatoms. The first-order valence-corrected chi connectivity index (χ1v) is 11.0. The number of nitrogens with zero attached hydrogens (tertiary/aromatic N) is 3. The van der Waals surface area contributed by atoms with E-state index in [2.05, 4.69) is 16.7 Å². The average Bonchev–Trinajstić information content (AvgIpc) is 3.07. The molecule has 1 aliphatic heterocycles. The molecule has 158 valence electrons. The predicted molar refractivity (Wildman–Crippen MR) is 119 cm³/mol. The van der Waals surface area contributed by atoms with Crippen LogP contribution in [-0.4, -0.2) is 30.4 Å². The van der Waals surface area contributed by atoms with Gasteiger partial charge < -0.3 is 14.0 Å². The summed E-state index contributed by atoms with van der Waals surface area (Å²) >= 11 is 0. The Balaban J connectivity index is 1.63. The largest absolute Gasteiger partial charge is 0.494 e. The van der Waals surface area contributed by atoms with Crippen LogP contribution >= 0.6 is 0 Å². The van der Waals surface area contributed by atoms with E-state index in [1.54, 1.807) is 4.90 Å². The van der Waals surface area contributed by atoms with Crippen molar-refractivity contribution in [2.75, 3.05) is 24.7 Å². The Morgan fingerprint density at radius 3 is 2.61 bits per heavy atom. The Morgan fingerprint density at radius 1 is 1.16 bits per heavy atom. The fraction of sp³-hybridized carbons (Fsp3) is 0.360. The zero-order valence-electron chi connectivity index (χ0n) is 17.6. The molecule has 3 aromatic rings. The molecule has 0 radical (unpaired) electrons. The lowest BCUT2D eigenvalue weighted by molar-refractivity contribution is 0.140. The van der Waals surface area contributed by atoms with Crippen LogP contribution in [0.1, 0.15) is 44.2 Å². The van der Waals surface area contributed by atoms with Gasteiger partial charge in [-0.1, -0.05) is 12.1 Å². The van der Waals surface area contributed by atoms with Crippen LogP contribution < -0.4 is 9.64 Å². The van der Waals surface area contributed by atoms with Gasteiger partial charge in [-0.05, 0) is 62.4 Å². The molecular formula is C25H25N3O3. The summed E-state index contributed by atoms with van der Waals surface area (Å²) in [4.78, 5) is 13.7. The zero-order valence-corrected chi connectivity index (χ0v) is 17.6. The van der Waals surface area contributed by atoms with Crippen molar-refractivity contribution in [3.05, 3.63) is 48.0 Å². The molecule has 0 unspecified atom stereocenters. The van der Waals surface area contributed by atoms with Crippen molar-refractivity contribution in [2.24, 2.45) is 0 Å². The normalized spacial score (nSPS) is 16.6. The third-order valence-corrected chi connectivity index (χ3v) is 6.26. The number of amides is 1. The smallest absolute Gasteiger partial charge is 0.414 e. The van der Waals surface area contributed by atoms with Crippen LogP contribution in [0.5, 0.6) is 5.75 Å². The number of fused-ring (bicyclic) bond motifs is 1. The van der Waals surface area contributed by atoms with Crippen molar-refractivity contribution in [2.45, 2.75) is 38.6 Å². The first kappa shape index (κ1) is 19.5. The number of benzene rings is 2. The Kier molecular flexibility index (Phi) is 5.03. The monoisotopic (exact) mass is 415 g/mol. The number of ether oxygens (including phenoxy) is 2. The van der Waals surface area contributed by atoms with E-state index < -0.39 is 0 Å². The molecule has 1 saturated carbocycles.